The van der Waals surface area contributed by atoms with E-state index in [4.69, 9.17) is 0 Å². The number of halogens is 3. The minimum atomic E-state index is -4.54. The molecule has 2 unspecified atom stereocenters. The highest BCUT2D eigenvalue weighted by Gasteiger charge is 2.60. The fourth-order valence-corrected chi connectivity index (χ4v) is 2.15. The Labute approximate surface area is 110 Å². The monoisotopic (exact) mass is 285 g/mol. The van der Waals surface area contributed by atoms with Crippen molar-refractivity contribution in [3.8, 4) is 0 Å². The van der Waals surface area contributed by atoms with Crippen molar-refractivity contribution in [3.63, 3.8) is 0 Å². The van der Waals surface area contributed by atoms with E-state index < -0.39 is 32.9 Å². The first-order valence-corrected chi connectivity index (χ1v) is 6.74. The SMILES string of the molecule is C=CC(C)(C)C(C)(NS(=O)C(C)(C)C)C(F)(F)F. The highest BCUT2D eigenvalue weighted by molar-refractivity contribution is 7.84. The number of hydrogen-bond acceptors (Lipinski definition) is 1. The van der Waals surface area contributed by atoms with Crippen LogP contribution in [0.2, 0.25) is 0 Å². The van der Waals surface area contributed by atoms with E-state index in [2.05, 4.69) is 11.3 Å². The van der Waals surface area contributed by atoms with Gasteiger partial charge in [0.15, 0.2) is 0 Å². The lowest BCUT2D eigenvalue weighted by atomic mass is 9.73. The van der Waals surface area contributed by atoms with Crippen LogP contribution in [0.5, 0.6) is 0 Å². The molecule has 0 heterocycles. The van der Waals surface area contributed by atoms with Crippen LogP contribution in [0.3, 0.4) is 0 Å². The first kappa shape index (κ1) is 17.6. The van der Waals surface area contributed by atoms with E-state index >= 15 is 0 Å². The van der Waals surface area contributed by atoms with E-state index in [1.165, 1.54) is 19.9 Å². The second kappa shape index (κ2) is 4.96. The maximum absolute atomic E-state index is 13.3. The number of nitrogens with one attached hydrogen (secondary N) is 1. The van der Waals surface area contributed by atoms with Crippen LogP contribution in [0, 0.1) is 5.41 Å². The summed E-state index contributed by atoms with van der Waals surface area (Å²) < 4.78 is 53.3. The highest BCUT2D eigenvalue weighted by Crippen LogP contribution is 2.44. The summed E-state index contributed by atoms with van der Waals surface area (Å²) >= 11 is 0. The third-order valence-corrected chi connectivity index (χ3v) is 4.92. The predicted molar refractivity (Wildman–Crippen MR) is 69.5 cm³/mol. The molecule has 0 saturated carbocycles. The van der Waals surface area contributed by atoms with Gasteiger partial charge in [-0.1, -0.05) is 19.9 Å². The Morgan fingerprint density at radius 1 is 1.06 bits per heavy atom. The van der Waals surface area contributed by atoms with Crippen molar-refractivity contribution in [1.29, 1.82) is 0 Å². The maximum Gasteiger partial charge on any atom is 0.408 e. The molecule has 18 heavy (non-hydrogen) atoms. The highest BCUT2D eigenvalue weighted by atomic mass is 32.2. The summed E-state index contributed by atoms with van der Waals surface area (Å²) in [5.74, 6) is 0. The topological polar surface area (TPSA) is 29.1 Å². The molecular formula is C12H22F3NOS. The molecular weight excluding hydrogens is 263 g/mol. The van der Waals surface area contributed by atoms with Gasteiger partial charge in [0, 0.05) is 5.41 Å². The lowest BCUT2D eigenvalue weighted by Crippen LogP contribution is -2.64. The average Bonchev–Trinajstić information content (AvgIpc) is 2.13. The van der Waals surface area contributed by atoms with Gasteiger partial charge in [-0.05, 0) is 27.7 Å². The Balaban J connectivity index is 5.56. The van der Waals surface area contributed by atoms with Gasteiger partial charge < -0.3 is 0 Å². The molecule has 0 bridgehead atoms. The lowest BCUT2D eigenvalue weighted by Gasteiger charge is -2.44. The molecule has 108 valence electrons. The molecule has 0 aliphatic heterocycles. The normalized spacial score (nSPS) is 19.2. The minimum absolute atomic E-state index is 0.774. The van der Waals surface area contributed by atoms with Gasteiger partial charge in [-0.25, -0.2) is 8.93 Å². The summed E-state index contributed by atoms with van der Waals surface area (Å²) in [6.45, 7) is 12.1. The standard InChI is InChI=1S/C12H22F3NOS/c1-8-10(5,6)11(7,12(13,14)15)16-18(17)9(2,3)4/h8,16H,1H2,2-7H3. The average molecular weight is 285 g/mol. The molecule has 0 rings (SSSR count). The summed E-state index contributed by atoms with van der Waals surface area (Å²) in [5.41, 5.74) is -3.59. The van der Waals surface area contributed by atoms with Gasteiger partial charge in [0.25, 0.3) is 0 Å². The van der Waals surface area contributed by atoms with Crippen molar-refractivity contribution >= 4 is 11.0 Å². The second-order valence-corrected chi connectivity index (χ2v) is 8.00. The zero-order chi connectivity index (χ0) is 15.0. The summed E-state index contributed by atoms with van der Waals surface area (Å²) in [6.07, 6.45) is -3.31. The van der Waals surface area contributed by atoms with E-state index in [1.807, 2.05) is 0 Å². The van der Waals surface area contributed by atoms with Crippen LogP contribution in [0.15, 0.2) is 12.7 Å². The van der Waals surface area contributed by atoms with Crippen molar-refractivity contribution in [2.75, 3.05) is 0 Å². The second-order valence-electron chi connectivity index (χ2n) is 6.03. The van der Waals surface area contributed by atoms with Gasteiger partial charge in [-0.2, -0.15) is 13.2 Å². The van der Waals surface area contributed by atoms with E-state index in [1.54, 1.807) is 20.8 Å². The third-order valence-electron chi connectivity index (χ3n) is 3.22. The molecule has 1 N–H and O–H groups in total. The zero-order valence-corrected chi connectivity index (χ0v) is 12.6. The summed E-state index contributed by atoms with van der Waals surface area (Å²) in [7, 11) is -1.82. The smallest absolute Gasteiger partial charge is 0.242 e. The van der Waals surface area contributed by atoms with Gasteiger partial charge in [0.1, 0.15) is 5.54 Å². The molecule has 0 fully saturated rings. The fourth-order valence-electron chi connectivity index (χ4n) is 1.10. The van der Waals surface area contributed by atoms with Crippen molar-refractivity contribution in [2.45, 2.75) is 58.0 Å². The fraction of sp³-hybridized carbons (Fsp3) is 0.833. The molecule has 0 radical (unpaired) electrons. The molecule has 0 aliphatic carbocycles. The Morgan fingerprint density at radius 2 is 1.44 bits per heavy atom. The predicted octanol–water partition coefficient (Wildman–Crippen LogP) is 3.57. The van der Waals surface area contributed by atoms with Crippen LogP contribution in [0.1, 0.15) is 41.5 Å². The first-order valence-electron chi connectivity index (χ1n) is 5.59. The summed E-state index contributed by atoms with van der Waals surface area (Å²) in [6, 6.07) is 0. The van der Waals surface area contributed by atoms with E-state index in [0.717, 1.165) is 6.92 Å². The maximum atomic E-state index is 13.3. The quantitative estimate of drug-likeness (QED) is 0.786. The number of alkyl halides is 3. The minimum Gasteiger partial charge on any atom is -0.242 e. The van der Waals surface area contributed by atoms with E-state index in [9.17, 15) is 17.4 Å². The van der Waals surface area contributed by atoms with Crippen LogP contribution in [0.4, 0.5) is 13.2 Å². The Bertz CT molecular complexity index is 344. The number of rotatable bonds is 4. The third kappa shape index (κ3) is 3.35. The first-order chi connectivity index (χ1) is 7.69. The Kier molecular flexibility index (Phi) is 4.86. The van der Waals surface area contributed by atoms with Gasteiger partial charge in [-0.15, -0.1) is 6.58 Å². The van der Waals surface area contributed by atoms with Crippen LogP contribution in [0.25, 0.3) is 0 Å². The molecule has 0 saturated heterocycles. The summed E-state index contributed by atoms with van der Waals surface area (Å²) in [5, 5.41) is 0. The van der Waals surface area contributed by atoms with Crippen molar-refractivity contribution in [2.24, 2.45) is 5.41 Å². The lowest BCUT2D eigenvalue weighted by molar-refractivity contribution is -0.208. The van der Waals surface area contributed by atoms with Crippen LogP contribution < -0.4 is 4.72 Å². The summed E-state index contributed by atoms with van der Waals surface area (Å²) in [4.78, 5) is 0. The van der Waals surface area contributed by atoms with Crippen LogP contribution in [-0.2, 0) is 11.0 Å². The van der Waals surface area contributed by atoms with Gasteiger partial charge in [0.05, 0.1) is 15.7 Å². The molecule has 6 heteroatoms. The van der Waals surface area contributed by atoms with Crippen LogP contribution >= 0.6 is 0 Å². The molecule has 0 aromatic rings. The molecule has 0 amide bonds. The molecule has 0 aromatic carbocycles. The van der Waals surface area contributed by atoms with E-state index in [-0.39, 0.29) is 0 Å². The Hall–Kier alpha value is -0.360. The molecule has 0 aromatic heterocycles. The van der Waals surface area contributed by atoms with E-state index in [0.29, 0.717) is 0 Å². The van der Waals surface area contributed by atoms with Crippen molar-refractivity contribution < 1.29 is 17.4 Å². The van der Waals surface area contributed by atoms with Crippen molar-refractivity contribution in [3.05, 3.63) is 12.7 Å². The van der Waals surface area contributed by atoms with Gasteiger partial charge >= 0.3 is 6.18 Å². The van der Waals surface area contributed by atoms with Gasteiger partial charge in [-0.3, -0.25) is 0 Å². The van der Waals surface area contributed by atoms with Crippen molar-refractivity contribution in [1.82, 2.24) is 4.72 Å². The molecule has 2 atom stereocenters. The molecule has 0 spiro atoms. The molecule has 0 aliphatic rings. The Morgan fingerprint density at radius 3 is 1.67 bits per heavy atom. The largest absolute Gasteiger partial charge is 0.408 e. The zero-order valence-electron chi connectivity index (χ0n) is 11.7. The van der Waals surface area contributed by atoms with Gasteiger partial charge in [0.2, 0.25) is 0 Å². The molecule has 2 nitrogen and oxygen atoms in total. The number of hydrogen-bond donors (Lipinski definition) is 1. The van der Waals surface area contributed by atoms with Crippen LogP contribution in [-0.4, -0.2) is 20.7 Å².